The zero-order valence-corrected chi connectivity index (χ0v) is 62.0. The fourth-order valence-corrected chi connectivity index (χ4v) is 1.14. The Hall–Kier alpha value is 0.137. The number of carbonyl (C=O) groups is 4. The number of allylic oxidation sites excluding steroid dienone is 8. The van der Waals surface area contributed by atoms with Crippen molar-refractivity contribution in [1.29, 1.82) is 0 Å². The molecule has 0 atom stereocenters. The summed E-state index contributed by atoms with van der Waals surface area (Å²) in [6.45, 7) is 40.3. The molecule has 0 spiro atoms. The minimum absolute atomic E-state index is 0. The molecule has 0 saturated carbocycles. The monoisotopic (exact) mass is 1370 g/mol. The van der Waals surface area contributed by atoms with Crippen LogP contribution < -0.4 is 80.0 Å². The third-order valence-corrected chi connectivity index (χ3v) is 11.5. The first-order valence-corrected chi connectivity index (χ1v) is 28.8. The Bertz CT molecular complexity index is 1550. The first kappa shape index (κ1) is 122. The molecular formula is C48H92O24P4Ti4. The molecule has 80 heavy (non-hydrogen) atoms. The van der Waals surface area contributed by atoms with Crippen molar-refractivity contribution in [3.63, 3.8) is 0 Å². The van der Waals surface area contributed by atoms with Gasteiger partial charge in [0.05, 0.1) is 0 Å². The van der Waals surface area contributed by atoms with Crippen LogP contribution >= 0.6 is 30.4 Å². The number of carbonyl (C=O) groups excluding carboxylic acids is 4. The van der Waals surface area contributed by atoms with E-state index in [4.69, 9.17) is 0 Å². The maximum absolute atomic E-state index is 10.1. The second-order valence-electron chi connectivity index (χ2n) is 20.3. The zero-order chi connectivity index (χ0) is 65.8. The molecule has 32 heteroatoms. The quantitative estimate of drug-likeness (QED) is 0.118. The second-order valence-corrected chi connectivity index (χ2v) is 29.7. The molecule has 0 bridgehead atoms. The summed E-state index contributed by atoms with van der Waals surface area (Å²) in [5.41, 5.74) is 0. The van der Waals surface area contributed by atoms with Crippen LogP contribution in [0.1, 0.15) is 194 Å². The molecule has 0 aliphatic rings. The SMILES string of the molecule is CC(=O)/C=C(/C)[O-].CC(=O)/C=C(/C)[O-].CC(=O)/C=C(/C)[O-].CC(=O)/C=C(/C)[O-].CC(C)(C)P(=O)([O-])[O-].CC(C)(C)P(=O)([O-])[O-].CC(C)(C)P(=O)([O-])[O-].CC(C)(C)P(=O)([O-])[O-].CC(C)[O-].CC(C)[O-].CC(C)[O-].CC(C)[O-].[Ti+4].[Ti+4].[Ti+4].[Ti+4]. The number of hydrogen-bond donors (Lipinski definition) is 0. The van der Waals surface area contributed by atoms with E-state index in [1.807, 2.05) is 0 Å². The standard InChI is InChI=1S/4C5H8O2.4C4H11O3P.4C3H7O.4Ti/c4*1-4(6)3-5(2)7;4*1-4(2,3)8(5,6)7;4*1-3(2)4;;;;/h4*3,6H,1-2H3;4*1-3H3,(H2,5,6,7);4*3H,1-2H3;;;;/q;;;;;;;;4*-1;4*+4/p-12/b4*4-3-;;;;;;;;;;;;. The van der Waals surface area contributed by atoms with E-state index < -0.39 is 75.4 Å². The molecule has 24 nitrogen and oxygen atoms in total. The van der Waals surface area contributed by atoms with E-state index in [2.05, 4.69) is 0 Å². The first-order chi connectivity index (χ1) is 32.4. The van der Waals surface area contributed by atoms with E-state index in [0.717, 1.165) is 24.3 Å². The Morgan fingerprint density at radius 2 is 0.338 bits per heavy atom. The fraction of sp³-hybridized carbons (Fsp3) is 0.750. The maximum Gasteiger partial charge on any atom is 4.00 e. The molecule has 0 rings (SSSR count). The van der Waals surface area contributed by atoms with Gasteiger partial charge in [-0.1, -0.05) is 197 Å². The Labute approximate surface area is 539 Å². The fourth-order valence-electron chi connectivity index (χ4n) is 1.14. The Morgan fingerprint density at radius 3 is 0.338 bits per heavy atom. The third kappa shape index (κ3) is 171. The molecule has 0 heterocycles. The van der Waals surface area contributed by atoms with Crippen molar-refractivity contribution < 1.29 is 204 Å². The summed E-state index contributed by atoms with van der Waals surface area (Å²) in [6, 6.07) is 0. The average Bonchev–Trinajstić information content (AvgIpc) is 2.99. The molecule has 0 fully saturated rings. The normalized spacial score (nSPS) is 11.4. The summed E-state index contributed by atoms with van der Waals surface area (Å²) in [6.07, 6.45) is 2.56. The van der Waals surface area contributed by atoms with Crippen molar-refractivity contribution in [3.8, 4) is 0 Å². The van der Waals surface area contributed by atoms with Crippen molar-refractivity contribution in [2.45, 2.75) is 239 Å². The van der Waals surface area contributed by atoms with E-state index in [0.29, 0.717) is 0 Å². The van der Waals surface area contributed by atoms with Crippen molar-refractivity contribution in [2.75, 3.05) is 0 Å². The van der Waals surface area contributed by atoms with E-state index in [1.165, 1.54) is 138 Å². The van der Waals surface area contributed by atoms with Gasteiger partial charge in [-0.2, -0.15) is 0 Å². The second kappa shape index (κ2) is 62.2. The van der Waals surface area contributed by atoms with E-state index in [9.17, 15) is 117 Å². The summed E-state index contributed by atoms with van der Waals surface area (Å²) >= 11 is 0. The molecule has 0 amide bonds. The number of ketones is 4. The molecule has 0 N–H and O–H groups in total. The molecule has 0 unspecified atom stereocenters. The van der Waals surface area contributed by atoms with Gasteiger partial charge in [-0.15, -0.1) is 47.5 Å². The zero-order valence-electron chi connectivity index (χ0n) is 52.2. The summed E-state index contributed by atoms with van der Waals surface area (Å²) in [7, 11) is -17.4. The van der Waals surface area contributed by atoms with E-state index in [-0.39, 0.29) is 133 Å². The Morgan fingerprint density at radius 1 is 0.287 bits per heavy atom. The van der Waals surface area contributed by atoms with Gasteiger partial charge in [0.1, 0.15) is 0 Å². The van der Waals surface area contributed by atoms with Gasteiger partial charge in [-0.05, 0) is 72.6 Å². The smallest absolute Gasteiger partial charge is 0.876 e. The predicted molar refractivity (Wildman–Crippen MR) is 268 cm³/mol. The topological polar surface area (TPSA) is 506 Å². The molecule has 0 aliphatic heterocycles. The molecular weight excluding hydrogens is 1280 g/mol. The molecule has 0 aromatic carbocycles. The molecule has 0 aromatic rings. The van der Waals surface area contributed by atoms with Gasteiger partial charge < -0.3 is 98.3 Å². The van der Waals surface area contributed by atoms with Gasteiger partial charge in [0, 0.05) is 0 Å². The van der Waals surface area contributed by atoms with Gasteiger partial charge in [-0.25, -0.2) is 0 Å². The maximum atomic E-state index is 10.1. The number of rotatable bonds is 4. The van der Waals surface area contributed by atoms with Crippen LogP contribution in [0, 0.1) is 0 Å². The molecule has 0 aromatic heterocycles. The van der Waals surface area contributed by atoms with Gasteiger partial charge in [-0.3, -0.25) is 19.2 Å². The van der Waals surface area contributed by atoms with Crippen molar-refractivity contribution in [2.24, 2.45) is 0 Å². The minimum Gasteiger partial charge on any atom is -0.876 e. The van der Waals surface area contributed by atoms with E-state index >= 15 is 0 Å². The van der Waals surface area contributed by atoms with Crippen molar-refractivity contribution >= 4 is 53.5 Å². The van der Waals surface area contributed by atoms with Crippen LogP contribution in [-0.4, -0.2) is 68.2 Å². The van der Waals surface area contributed by atoms with Crippen LogP contribution in [-0.2, 0) is 124 Å². The van der Waals surface area contributed by atoms with E-state index in [1.54, 1.807) is 55.4 Å². The average molecular weight is 1370 g/mol. The van der Waals surface area contributed by atoms with Gasteiger partial charge in [0.15, 0.2) is 23.1 Å². The minimum atomic E-state index is -4.35. The van der Waals surface area contributed by atoms with Crippen LogP contribution in [0.3, 0.4) is 0 Å². The van der Waals surface area contributed by atoms with Crippen LogP contribution in [0.15, 0.2) is 47.3 Å². The Kier molecular flexibility index (Phi) is 94.9. The third-order valence-electron chi connectivity index (χ3n) is 4.91. The van der Waals surface area contributed by atoms with Crippen molar-refractivity contribution in [1.82, 2.24) is 0 Å². The summed E-state index contributed by atoms with van der Waals surface area (Å²) in [4.78, 5) is 121. The summed E-state index contributed by atoms with van der Waals surface area (Å²) in [5.74, 6) is -1.50. The van der Waals surface area contributed by atoms with Crippen LogP contribution in [0.4, 0.5) is 0 Å². The molecule has 0 saturated heterocycles. The number of hydrogen-bond acceptors (Lipinski definition) is 24. The largest absolute Gasteiger partial charge is 4.00 e. The molecule has 0 aliphatic carbocycles. The summed E-state index contributed by atoms with van der Waals surface area (Å²) < 4.78 is 40.5. The molecule has 0 radical (unpaired) electrons. The van der Waals surface area contributed by atoms with Crippen LogP contribution in [0.2, 0.25) is 0 Å². The molecule has 464 valence electrons. The van der Waals surface area contributed by atoms with Gasteiger partial charge in [0.25, 0.3) is 0 Å². The first-order valence-electron chi connectivity index (χ1n) is 22.6. The summed E-state index contributed by atoms with van der Waals surface area (Å²) in [5, 5.41) is 73.5. The predicted octanol–water partition coefficient (Wildman–Crippen LogP) is -2.84. The van der Waals surface area contributed by atoms with Gasteiger partial charge >= 0.3 is 86.9 Å². The van der Waals surface area contributed by atoms with Gasteiger partial charge in [0.2, 0.25) is 0 Å². The van der Waals surface area contributed by atoms with Crippen LogP contribution in [0.25, 0.3) is 0 Å². The Balaban J connectivity index is -0.0000000400. The van der Waals surface area contributed by atoms with Crippen molar-refractivity contribution in [3.05, 3.63) is 47.3 Å². The van der Waals surface area contributed by atoms with Crippen LogP contribution in [0.5, 0.6) is 0 Å².